The highest BCUT2D eigenvalue weighted by Gasteiger charge is 2.21. The van der Waals surface area contributed by atoms with Gasteiger partial charge in [0.2, 0.25) is 0 Å². The molecule has 8 rings (SSSR count). The van der Waals surface area contributed by atoms with E-state index in [2.05, 4.69) is 157 Å². The summed E-state index contributed by atoms with van der Waals surface area (Å²) in [7, 11) is 0. The smallest absolute Gasteiger partial charge is 0.0366 e. The highest BCUT2D eigenvalue weighted by Crippen LogP contribution is 2.49. The van der Waals surface area contributed by atoms with Crippen molar-refractivity contribution in [3.63, 3.8) is 0 Å². The molecule has 1 heterocycles. The molecule has 0 amide bonds. The topological polar surface area (TPSA) is 16.1 Å². The minimum absolute atomic E-state index is 1.01. The van der Waals surface area contributed by atoms with Gasteiger partial charge >= 0.3 is 0 Å². The molecule has 0 atom stereocenters. The Morgan fingerprint density at radius 2 is 0.778 bits per heavy atom. The predicted octanol–water partition coefficient (Wildman–Crippen LogP) is 11.5. The van der Waals surface area contributed by atoms with Crippen molar-refractivity contribution in [3.05, 3.63) is 146 Å². The van der Waals surface area contributed by atoms with Crippen molar-refractivity contribution in [2.75, 3.05) is 18.0 Å². The number of hydrogen-bond acceptors (Lipinski definition) is 2. The van der Waals surface area contributed by atoms with Crippen molar-refractivity contribution in [1.29, 1.82) is 0 Å². The number of anilines is 1. The maximum absolute atomic E-state index is 4.36. The van der Waals surface area contributed by atoms with Crippen LogP contribution in [-0.2, 0) is 0 Å². The van der Waals surface area contributed by atoms with Gasteiger partial charge in [-0.1, -0.05) is 109 Å². The molecule has 0 N–H and O–H groups in total. The molecule has 2 nitrogen and oxygen atoms in total. The fourth-order valence-corrected chi connectivity index (χ4v) is 7.25. The van der Waals surface area contributed by atoms with E-state index in [0.29, 0.717) is 0 Å². The Hall–Kier alpha value is -5.47. The molecule has 216 valence electrons. The number of nitrogens with zero attached hydrogens (tertiary/aromatic N) is 2. The second-order valence-electron chi connectivity index (χ2n) is 11.7. The first kappa shape index (κ1) is 27.1. The SMILES string of the molecule is CCN(CC)c1ccc(-c2ccc(-c3c4ccccc4c(-c4ccncc4)c4c5ccccc5c5ccccc5c34)cc2)cc1. The van der Waals surface area contributed by atoms with Gasteiger partial charge in [0.25, 0.3) is 0 Å². The van der Waals surface area contributed by atoms with E-state index in [9.17, 15) is 0 Å². The third-order valence-electron chi connectivity index (χ3n) is 9.37. The van der Waals surface area contributed by atoms with Gasteiger partial charge in [-0.05, 0) is 115 Å². The molecular weight excluding hydrogens is 544 g/mol. The molecule has 7 aromatic carbocycles. The molecule has 45 heavy (non-hydrogen) atoms. The monoisotopic (exact) mass is 578 g/mol. The molecular formula is C43H34N2. The minimum atomic E-state index is 1.01. The lowest BCUT2D eigenvalue weighted by Gasteiger charge is -2.22. The van der Waals surface area contributed by atoms with Gasteiger partial charge in [0.15, 0.2) is 0 Å². The van der Waals surface area contributed by atoms with E-state index >= 15 is 0 Å². The molecule has 0 saturated carbocycles. The van der Waals surface area contributed by atoms with Crippen molar-refractivity contribution in [1.82, 2.24) is 4.98 Å². The van der Waals surface area contributed by atoms with E-state index in [4.69, 9.17) is 0 Å². The van der Waals surface area contributed by atoms with Crippen molar-refractivity contribution >= 4 is 48.8 Å². The average Bonchev–Trinajstić information content (AvgIpc) is 3.12. The Bertz CT molecular complexity index is 2320. The van der Waals surface area contributed by atoms with E-state index in [1.807, 2.05) is 12.4 Å². The number of aromatic nitrogens is 1. The van der Waals surface area contributed by atoms with Crippen LogP contribution in [0.2, 0.25) is 0 Å². The normalized spacial score (nSPS) is 11.5. The third kappa shape index (κ3) is 4.45. The lowest BCUT2D eigenvalue weighted by Crippen LogP contribution is -2.21. The van der Waals surface area contributed by atoms with Crippen molar-refractivity contribution in [2.45, 2.75) is 13.8 Å². The van der Waals surface area contributed by atoms with Crippen LogP contribution < -0.4 is 4.90 Å². The molecule has 1 aromatic heterocycles. The molecule has 0 saturated heterocycles. The zero-order valence-electron chi connectivity index (χ0n) is 25.7. The van der Waals surface area contributed by atoms with Crippen molar-refractivity contribution in [2.24, 2.45) is 0 Å². The van der Waals surface area contributed by atoms with Crippen LogP contribution in [0, 0.1) is 0 Å². The average molecular weight is 579 g/mol. The third-order valence-corrected chi connectivity index (χ3v) is 9.37. The van der Waals surface area contributed by atoms with Crippen LogP contribution in [0.4, 0.5) is 5.69 Å². The van der Waals surface area contributed by atoms with Crippen LogP contribution in [0.25, 0.3) is 76.5 Å². The summed E-state index contributed by atoms with van der Waals surface area (Å²) >= 11 is 0. The molecule has 0 spiro atoms. The summed E-state index contributed by atoms with van der Waals surface area (Å²) in [6.07, 6.45) is 3.81. The summed E-state index contributed by atoms with van der Waals surface area (Å²) in [5.74, 6) is 0. The molecule has 0 bridgehead atoms. The first-order valence-corrected chi connectivity index (χ1v) is 15.9. The number of benzene rings is 7. The zero-order chi connectivity index (χ0) is 30.3. The first-order valence-electron chi connectivity index (χ1n) is 15.9. The molecule has 0 unspecified atom stereocenters. The van der Waals surface area contributed by atoms with E-state index < -0.39 is 0 Å². The van der Waals surface area contributed by atoms with Gasteiger partial charge in [0.1, 0.15) is 0 Å². The van der Waals surface area contributed by atoms with Gasteiger partial charge < -0.3 is 4.90 Å². The molecule has 0 radical (unpaired) electrons. The number of rotatable bonds is 6. The van der Waals surface area contributed by atoms with Crippen LogP contribution in [0.5, 0.6) is 0 Å². The number of hydrogen-bond donors (Lipinski definition) is 0. The maximum Gasteiger partial charge on any atom is 0.0366 e. The predicted molar refractivity (Wildman–Crippen MR) is 194 cm³/mol. The molecule has 0 aliphatic heterocycles. The van der Waals surface area contributed by atoms with Gasteiger partial charge in [-0.25, -0.2) is 0 Å². The Balaban J connectivity index is 1.44. The van der Waals surface area contributed by atoms with Crippen LogP contribution in [-0.4, -0.2) is 18.1 Å². The van der Waals surface area contributed by atoms with Crippen molar-refractivity contribution < 1.29 is 0 Å². The van der Waals surface area contributed by atoms with Gasteiger partial charge in [-0.2, -0.15) is 0 Å². The standard InChI is InChI=1S/C43H34N2/c1-3-45(4-2)33-23-21-30(22-24-33)29-17-19-31(20-18-29)40-38-15-9-10-16-39(38)41(32-25-27-44-28-26-32)43-37-14-8-6-12-35(37)34-11-5-7-13-36(34)42(40)43/h5-28H,3-4H2,1-2H3. The molecule has 0 fully saturated rings. The lowest BCUT2D eigenvalue weighted by molar-refractivity contribution is 0.866. The van der Waals surface area contributed by atoms with E-state index in [-0.39, 0.29) is 0 Å². The Labute approximate surface area is 264 Å². The summed E-state index contributed by atoms with van der Waals surface area (Å²) in [5, 5.41) is 10.2. The maximum atomic E-state index is 4.36. The molecule has 2 heteroatoms. The highest BCUT2D eigenvalue weighted by molar-refractivity contribution is 6.36. The van der Waals surface area contributed by atoms with E-state index in [1.54, 1.807) is 0 Å². The van der Waals surface area contributed by atoms with Gasteiger partial charge in [0.05, 0.1) is 0 Å². The number of fused-ring (bicyclic) bond motifs is 7. The van der Waals surface area contributed by atoms with Gasteiger partial charge in [-0.15, -0.1) is 0 Å². The van der Waals surface area contributed by atoms with Gasteiger partial charge in [-0.3, -0.25) is 4.98 Å². The second-order valence-corrected chi connectivity index (χ2v) is 11.7. The summed E-state index contributed by atoms with van der Waals surface area (Å²) in [4.78, 5) is 6.74. The highest BCUT2D eigenvalue weighted by atomic mass is 15.1. The fourth-order valence-electron chi connectivity index (χ4n) is 7.25. The Morgan fingerprint density at radius 1 is 0.400 bits per heavy atom. The fraction of sp³-hybridized carbons (Fsp3) is 0.0930. The molecule has 0 aliphatic carbocycles. The molecule has 0 aliphatic rings. The lowest BCUT2D eigenvalue weighted by atomic mass is 9.81. The van der Waals surface area contributed by atoms with Crippen LogP contribution in [0.1, 0.15) is 13.8 Å². The van der Waals surface area contributed by atoms with Crippen LogP contribution in [0.15, 0.2) is 146 Å². The summed E-state index contributed by atoms with van der Waals surface area (Å²) < 4.78 is 0. The summed E-state index contributed by atoms with van der Waals surface area (Å²) in [6.45, 7) is 6.44. The number of pyridine rings is 1. The van der Waals surface area contributed by atoms with E-state index in [1.165, 1.54) is 82.2 Å². The van der Waals surface area contributed by atoms with Crippen LogP contribution in [0.3, 0.4) is 0 Å². The van der Waals surface area contributed by atoms with Gasteiger partial charge in [0, 0.05) is 31.2 Å². The first-order chi connectivity index (χ1) is 22.3. The molecule has 8 aromatic rings. The Kier molecular flexibility index (Phi) is 6.76. The van der Waals surface area contributed by atoms with E-state index in [0.717, 1.165) is 13.1 Å². The summed E-state index contributed by atoms with van der Waals surface area (Å²) in [5.41, 5.74) is 8.68. The second kappa shape index (κ2) is 11.2. The largest absolute Gasteiger partial charge is 0.372 e. The van der Waals surface area contributed by atoms with Crippen molar-refractivity contribution in [3.8, 4) is 33.4 Å². The Morgan fingerprint density at radius 3 is 1.24 bits per heavy atom. The summed E-state index contributed by atoms with van der Waals surface area (Å²) in [6, 6.07) is 49.1. The minimum Gasteiger partial charge on any atom is -0.372 e. The quantitative estimate of drug-likeness (QED) is 0.144. The van der Waals surface area contributed by atoms with Crippen LogP contribution >= 0.6 is 0 Å². The zero-order valence-corrected chi connectivity index (χ0v) is 25.7.